The number of hydrogen-bond donors (Lipinski definition) is 1. The number of ether oxygens (including phenoxy) is 2. The van der Waals surface area contributed by atoms with Crippen molar-refractivity contribution in [1.82, 2.24) is 10.2 Å². The largest absolute Gasteiger partial charge is 0.493 e. The van der Waals surface area contributed by atoms with Crippen LogP contribution < -0.4 is 14.8 Å². The zero-order chi connectivity index (χ0) is 19.2. The Morgan fingerprint density at radius 3 is 2.48 bits per heavy atom. The molecule has 0 aromatic heterocycles. The maximum absolute atomic E-state index is 12.7. The van der Waals surface area contributed by atoms with Crippen LogP contribution in [0.4, 0.5) is 0 Å². The Balaban J connectivity index is 1.57. The van der Waals surface area contributed by atoms with E-state index in [-0.39, 0.29) is 18.4 Å². The zero-order valence-corrected chi connectivity index (χ0v) is 16.3. The van der Waals surface area contributed by atoms with Crippen molar-refractivity contribution < 1.29 is 19.1 Å². The number of carbonyl (C=O) groups excluding carboxylic acids is 2. The molecule has 1 heterocycles. The highest BCUT2D eigenvalue weighted by Crippen LogP contribution is 2.34. The number of hydrogen-bond acceptors (Lipinski definition) is 4. The molecule has 1 aliphatic carbocycles. The molecule has 3 rings (SSSR count). The Hall–Kier alpha value is -2.24. The van der Waals surface area contributed by atoms with Crippen molar-refractivity contribution in [3.05, 3.63) is 23.8 Å². The Labute approximate surface area is 161 Å². The molecule has 1 saturated carbocycles. The SMILES string of the molecule is COc1ccc(C(=O)NCC(=O)N2CCCC2C2CCCCC2)cc1OC. The van der Waals surface area contributed by atoms with Crippen LogP contribution >= 0.6 is 0 Å². The fraction of sp³-hybridized carbons (Fsp3) is 0.619. The number of nitrogens with one attached hydrogen (secondary N) is 1. The molecule has 6 nitrogen and oxygen atoms in total. The van der Waals surface area contributed by atoms with Crippen LogP contribution in [0.3, 0.4) is 0 Å². The fourth-order valence-corrected chi connectivity index (χ4v) is 4.45. The van der Waals surface area contributed by atoms with Gasteiger partial charge in [0.05, 0.1) is 20.8 Å². The second kappa shape index (κ2) is 9.11. The van der Waals surface area contributed by atoms with Crippen LogP contribution in [0, 0.1) is 5.92 Å². The molecule has 2 fully saturated rings. The summed E-state index contributed by atoms with van der Waals surface area (Å²) in [5.41, 5.74) is 0.450. The summed E-state index contributed by atoms with van der Waals surface area (Å²) in [6.07, 6.45) is 8.49. The molecule has 0 radical (unpaired) electrons. The molecule has 1 aromatic rings. The van der Waals surface area contributed by atoms with E-state index < -0.39 is 0 Å². The van der Waals surface area contributed by atoms with Crippen molar-refractivity contribution in [2.45, 2.75) is 51.0 Å². The first-order chi connectivity index (χ1) is 13.1. The van der Waals surface area contributed by atoms with Gasteiger partial charge >= 0.3 is 0 Å². The van der Waals surface area contributed by atoms with Gasteiger partial charge in [0.15, 0.2) is 11.5 Å². The van der Waals surface area contributed by atoms with Crippen molar-refractivity contribution >= 4 is 11.8 Å². The number of amides is 2. The van der Waals surface area contributed by atoms with E-state index in [1.165, 1.54) is 39.2 Å². The Bertz CT molecular complexity index is 670. The summed E-state index contributed by atoms with van der Waals surface area (Å²) in [7, 11) is 3.08. The van der Waals surface area contributed by atoms with Gasteiger partial charge in [-0.3, -0.25) is 9.59 Å². The van der Waals surface area contributed by atoms with Crippen molar-refractivity contribution in [1.29, 1.82) is 0 Å². The zero-order valence-electron chi connectivity index (χ0n) is 16.3. The van der Waals surface area contributed by atoms with Gasteiger partial charge in [0.2, 0.25) is 5.91 Å². The predicted octanol–water partition coefficient (Wildman–Crippen LogP) is 3.00. The standard InChI is InChI=1S/C21H30N2O4/c1-26-18-11-10-16(13-19(18)27-2)21(25)22-14-20(24)23-12-6-9-17(23)15-7-4-3-5-8-15/h10-11,13,15,17H,3-9,12,14H2,1-2H3,(H,22,25). The first kappa shape index (κ1) is 19.5. The van der Waals surface area contributed by atoms with Crippen molar-refractivity contribution in [2.75, 3.05) is 27.3 Å². The predicted molar refractivity (Wildman–Crippen MR) is 103 cm³/mol. The lowest BCUT2D eigenvalue weighted by Crippen LogP contribution is -2.45. The van der Waals surface area contributed by atoms with Gasteiger partial charge in [0, 0.05) is 18.2 Å². The quantitative estimate of drug-likeness (QED) is 0.831. The Kier molecular flexibility index (Phi) is 6.58. The van der Waals surface area contributed by atoms with Crippen molar-refractivity contribution in [3.63, 3.8) is 0 Å². The summed E-state index contributed by atoms with van der Waals surface area (Å²) in [5.74, 6) is 1.44. The second-order valence-electron chi connectivity index (χ2n) is 7.45. The van der Waals surface area contributed by atoms with Crippen LogP contribution in [0.2, 0.25) is 0 Å². The summed E-state index contributed by atoms with van der Waals surface area (Å²) in [4.78, 5) is 27.2. The first-order valence-electron chi connectivity index (χ1n) is 9.93. The van der Waals surface area contributed by atoms with Gasteiger partial charge in [0.1, 0.15) is 0 Å². The molecule has 1 saturated heterocycles. The summed E-state index contributed by atoms with van der Waals surface area (Å²) in [6, 6.07) is 5.34. The van der Waals surface area contributed by atoms with Crippen LogP contribution in [0.25, 0.3) is 0 Å². The third-order valence-electron chi connectivity index (χ3n) is 5.86. The van der Waals surface area contributed by atoms with E-state index in [9.17, 15) is 9.59 Å². The van der Waals surface area contributed by atoms with Crippen LogP contribution in [0.1, 0.15) is 55.3 Å². The van der Waals surface area contributed by atoms with E-state index in [0.29, 0.717) is 29.0 Å². The average Bonchev–Trinajstić information content (AvgIpc) is 3.21. The van der Waals surface area contributed by atoms with Gasteiger partial charge in [0.25, 0.3) is 5.91 Å². The highest BCUT2D eigenvalue weighted by atomic mass is 16.5. The van der Waals surface area contributed by atoms with Crippen molar-refractivity contribution in [3.8, 4) is 11.5 Å². The van der Waals surface area contributed by atoms with Crippen LogP contribution in [0.5, 0.6) is 11.5 Å². The molecule has 0 bridgehead atoms. The summed E-state index contributed by atoms with van der Waals surface area (Å²) in [6.45, 7) is 0.850. The number of nitrogens with zero attached hydrogens (tertiary/aromatic N) is 1. The van der Waals surface area contributed by atoms with E-state index >= 15 is 0 Å². The summed E-state index contributed by atoms with van der Waals surface area (Å²) >= 11 is 0. The highest BCUT2D eigenvalue weighted by molar-refractivity contribution is 5.97. The minimum atomic E-state index is -0.280. The van der Waals surface area contributed by atoms with Crippen molar-refractivity contribution in [2.24, 2.45) is 5.92 Å². The first-order valence-corrected chi connectivity index (χ1v) is 9.93. The van der Waals surface area contributed by atoms with Gasteiger partial charge in [-0.05, 0) is 49.8 Å². The smallest absolute Gasteiger partial charge is 0.251 e. The monoisotopic (exact) mass is 374 g/mol. The molecule has 0 spiro atoms. The Morgan fingerprint density at radius 1 is 1.04 bits per heavy atom. The maximum Gasteiger partial charge on any atom is 0.251 e. The van der Waals surface area contributed by atoms with Crippen LogP contribution in [-0.2, 0) is 4.79 Å². The normalized spacial score (nSPS) is 20.4. The number of carbonyl (C=O) groups is 2. The third-order valence-corrected chi connectivity index (χ3v) is 5.86. The van der Waals surface area contributed by atoms with Gasteiger partial charge in [-0.15, -0.1) is 0 Å². The molecule has 148 valence electrons. The molecule has 1 aromatic carbocycles. The number of benzene rings is 1. The fourth-order valence-electron chi connectivity index (χ4n) is 4.45. The highest BCUT2D eigenvalue weighted by Gasteiger charge is 2.35. The molecule has 1 aliphatic heterocycles. The molecule has 1 unspecified atom stereocenters. The van der Waals surface area contributed by atoms with E-state index in [0.717, 1.165) is 19.4 Å². The van der Waals surface area contributed by atoms with E-state index in [4.69, 9.17) is 9.47 Å². The molecule has 27 heavy (non-hydrogen) atoms. The third kappa shape index (κ3) is 4.54. The lowest BCUT2D eigenvalue weighted by Gasteiger charge is -2.34. The number of likely N-dealkylation sites (tertiary alicyclic amines) is 1. The molecule has 2 amide bonds. The maximum atomic E-state index is 12.7. The molecule has 1 N–H and O–H groups in total. The van der Waals surface area contributed by atoms with Gasteiger partial charge in [-0.2, -0.15) is 0 Å². The van der Waals surface area contributed by atoms with E-state index in [2.05, 4.69) is 5.32 Å². The van der Waals surface area contributed by atoms with Gasteiger partial charge in [-0.25, -0.2) is 0 Å². The number of methoxy groups -OCH3 is 2. The lowest BCUT2D eigenvalue weighted by atomic mass is 9.83. The van der Waals surface area contributed by atoms with Crippen LogP contribution in [0.15, 0.2) is 18.2 Å². The lowest BCUT2D eigenvalue weighted by molar-refractivity contribution is -0.132. The summed E-state index contributed by atoms with van der Waals surface area (Å²) in [5, 5.41) is 2.76. The topological polar surface area (TPSA) is 67.9 Å². The molecule has 6 heteroatoms. The molecular weight excluding hydrogens is 344 g/mol. The minimum absolute atomic E-state index is 0.0249. The Morgan fingerprint density at radius 2 is 1.78 bits per heavy atom. The average molecular weight is 374 g/mol. The summed E-state index contributed by atoms with van der Waals surface area (Å²) < 4.78 is 10.4. The molecular formula is C21H30N2O4. The van der Waals surface area contributed by atoms with Gasteiger partial charge in [-0.1, -0.05) is 19.3 Å². The molecule has 1 atom stereocenters. The van der Waals surface area contributed by atoms with E-state index in [1.54, 1.807) is 25.3 Å². The number of rotatable bonds is 6. The van der Waals surface area contributed by atoms with Crippen LogP contribution in [-0.4, -0.2) is 50.1 Å². The van der Waals surface area contributed by atoms with E-state index in [1.807, 2.05) is 4.90 Å². The molecule has 2 aliphatic rings. The minimum Gasteiger partial charge on any atom is -0.493 e. The second-order valence-corrected chi connectivity index (χ2v) is 7.45. The van der Waals surface area contributed by atoms with Gasteiger partial charge < -0.3 is 19.7 Å².